The predicted molar refractivity (Wildman–Crippen MR) is 352 cm³/mol. The number of aromatic nitrogens is 6. The van der Waals surface area contributed by atoms with Crippen LogP contribution in [0.25, 0.3) is 11.2 Å². The van der Waals surface area contributed by atoms with Gasteiger partial charge in [0.2, 0.25) is 23.6 Å². The molecule has 36 heteroatoms. The molecule has 3 aromatic heterocycles. The lowest BCUT2D eigenvalue weighted by molar-refractivity contribution is -0.148. The Balaban J connectivity index is 0.771. The molecule has 3 fully saturated rings. The van der Waals surface area contributed by atoms with E-state index in [1.165, 1.54) is 42.0 Å². The number of nitrogens with zero attached hydrogens (tertiary/aromatic N) is 7. The number of alkyl carbamates (subject to hydrolysis) is 1. The third-order valence-corrected chi connectivity index (χ3v) is 19.4. The Kier molecular flexibility index (Phi) is 24.2. The van der Waals surface area contributed by atoms with Crippen molar-refractivity contribution >= 4 is 108 Å². The van der Waals surface area contributed by atoms with E-state index in [1.807, 2.05) is 0 Å². The molecule has 12 atom stereocenters. The first-order chi connectivity index (χ1) is 46.3. The van der Waals surface area contributed by atoms with E-state index in [0.717, 1.165) is 18.5 Å². The van der Waals surface area contributed by atoms with Crippen LogP contribution in [0.2, 0.25) is 0 Å². The van der Waals surface area contributed by atoms with E-state index < -0.39 is 145 Å². The minimum Gasteiger partial charge on any atom is -0.474 e. The van der Waals surface area contributed by atoms with E-state index in [0.29, 0.717) is 27.5 Å². The van der Waals surface area contributed by atoms with Gasteiger partial charge in [-0.25, -0.2) is 34.0 Å². The summed E-state index contributed by atoms with van der Waals surface area (Å²) in [5.41, 5.74) is -0.572. The van der Waals surface area contributed by atoms with Gasteiger partial charge in [-0.1, -0.05) is 68.6 Å². The van der Waals surface area contributed by atoms with Gasteiger partial charge in [0.25, 0.3) is 23.3 Å². The fourth-order valence-corrected chi connectivity index (χ4v) is 14.2. The van der Waals surface area contributed by atoms with Crippen molar-refractivity contribution in [3.8, 4) is 5.88 Å². The van der Waals surface area contributed by atoms with Gasteiger partial charge in [0.05, 0.1) is 37.7 Å². The maximum Gasteiger partial charge on any atom is 0.410 e. The highest BCUT2D eigenvalue weighted by atomic mass is 32.7. The molecule has 6 N–H and O–H groups in total. The van der Waals surface area contributed by atoms with Crippen molar-refractivity contribution in [1.29, 1.82) is 0 Å². The number of carbonyl (C=O) groups excluding carboxylic acids is 9. The number of nitrogens with one attached hydrogen (secondary N) is 4. The zero-order valence-corrected chi connectivity index (χ0v) is 57.7. The van der Waals surface area contributed by atoms with Crippen molar-refractivity contribution in [3.63, 3.8) is 0 Å². The molecule has 3 aliphatic heterocycles. The number of anilines is 1. The summed E-state index contributed by atoms with van der Waals surface area (Å²) < 4.78 is 61.6. The predicted octanol–water partition coefficient (Wildman–Crippen LogP) is 5.48. The van der Waals surface area contributed by atoms with Gasteiger partial charge in [0.1, 0.15) is 43.0 Å². The molecule has 6 heterocycles. The van der Waals surface area contributed by atoms with Gasteiger partial charge in [-0.3, -0.25) is 57.7 Å². The van der Waals surface area contributed by atoms with Gasteiger partial charge >= 0.3 is 25.7 Å². The van der Waals surface area contributed by atoms with Crippen molar-refractivity contribution in [1.82, 2.24) is 49.9 Å². The molecule has 526 valence electrons. The summed E-state index contributed by atoms with van der Waals surface area (Å²) in [5.74, 6) is -6.56. The molecule has 32 nitrogen and oxygen atoms in total. The largest absolute Gasteiger partial charge is 0.474 e. The van der Waals surface area contributed by atoms with E-state index in [1.54, 1.807) is 83.1 Å². The van der Waals surface area contributed by atoms with Crippen LogP contribution in [0.5, 0.6) is 5.88 Å². The first-order valence-electron chi connectivity index (χ1n) is 31.1. The Morgan fingerprint density at radius 2 is 1.62 bits per heavy atom. The van der Waals surface area contributed by atoms with Crippen LogP contribution in [0.3, 0.4) is 0 Å². The Morgan fingerprint density at radius 3 is 2.32 bits per heavy atom. The van der Waals surface area contributed by atoms with Crippen molar-refractivity contribution in [2.24, 2.45) is 17.8 Å². The van der Waals surface area contributed by atoms with Gasteiger partial charge in [-0.2, -0.15) is 4.98 Å². The Morgan fingerprint density at radius 1 is 0.908 bits per heavy atom. The van der Waals surface area contributed by atoms with Crippen LogP contribution in [-0.2, 0) is 97.0 Å². The van der Waals surface area contributed by atoms with Crippen LogP contribution in [0.15, 0.2) is 90.4 Å². The first kappa shape index (κ1) is 74.2. The number of ketones is 2. The van der Waals surface area contributed by atoms with Crippen molar-refractivity contribution in [2.75, 3.05) is 25.6 Å². The van der Waals surface area contributed by atoms with E-state index in [9.17, 15) is 62.5 Å². The molecule has 2 aromatic carbocycles. The molecular formula is C62H75N11O21P2S2. The molecule has 2 saturated heterocycles. The molecule has 9 rings (SSSR count). The van der Waals surface area contributed by atoms with Gasteiger partial charge in [0, 0.05) is 81.1 Å². The van der Waals surface area contributed by atoms with Crippen LogP contribution >= 0.6 is 25.8 Å². The molecule has 1 aliphatic carbocycles. The number of fused-ring (bicyclic) bond motifs is 4. The molecule has 4 aliphatic rings. The maximum absolute atomic E-state index is 14.0. The summed E-state index contributed by atoms with van der Waals surface area (Å²) in [4.78, 5) is 164. The summed E-state index contributed by atoms with van der Waals surface area (Å²) in [5, 5.41) is 19.4. The quantitative estimate of drug-likeness (QED) is 0.0242. The minimum atomic E-state index is -4.39. The number of imide groups is 3. The normalized spacial score (nSPS) is 24.3. The number of aliphatic hydroxyl groups excluding tert-OH is 1. The topological polar surface area (TPSA) is 417 Å². The summed E-state index contributed by atoms with van der Waals surface area (Å²) in [6.45, 7) is 0.255. The van der Waals surface area contributed by atoms with E-state index in [-0.39, 0.29) is 93.2 Å². The Labute approximate surface area is 571 Å². The van der Waals surface area contributed by atoms with E-state index >= 15 is 0 Å². The van der Waals surface area contributed by atoms with E-state index in [4.69, 9.17) is 48.8 Å². The average molecular weight is 1440 g/mol. The number of imidazole rings is 1. The number of carbonyl (C=O) groups is 9. The maximum atomic E-state index is 14.0. The van der Waals surface area contributed by atoms with Gasteiger partial charge < -0.3 is 58.1 Å². The Bertz CT molecular complexity index is 4010. The van der Waals surface area contributed by atoms with Crippen molar-refractivity contribution in [3.05, 3.63) is 118 Å². The number of benzene rings is 2. The highest BCUT2D eigenvalue weighted by molar-refractivity contribution is 8.44. The number of amides is 7. The fraction of sp³-hybridized carbons (Fsp3) is 0.484. The number of aliphatic hydroxyl groups is 1. The molecule has 2 unspecified atom stereocenters. The molecule has 7 amide bonds. The Hall–Kier alpha value is -8.01. The summed E-state index contributed by atoms with van der Waals surface area (Å²) in [7, 11) is 1.45. The minimum absolute atomic E-state index is 0.00741. The molecule has 1 saturated carbocycles. The third kappa shape index (κ3) is 19.5. The number of rotatable bonds is 23. The highest BCUT2D eigenvalue weighted by Gasteiger charge is 2.51. The van der Waals surface area contributed by atoms with Gasteiger partial charge in [-0.05, 0) is 87.4 Å². The molecule has 0 radical (unpaired) electrons. The monoisotopic (exact) mass is 1440 g/mol. The average Bonchev–Trinajstić information content (AvgIpc) is 1.60. The number of ether oxygens (including phenoxy) is 4. The van der Waals surface area contributed by atoms with Gasteiger partial charge in [0.15, 0.2) is 29.0 Å². The standard InChI is InChI=1S/C62H75N11O21P2S2/c1-33(2)41(26-44(75)42(67-60(83)92-62(4,5)6)13-10-14-48(76)73-49(77)19-20-50(73)78)56(81)66-34(3)43(74)23-35-15-17-36(18-16-35)28-87-61(84)71(7)27-37-11-8-9-12-40(37)55(80)69-59-68-54-51(57(82)70-59)65-32-72(54)58-53-52(79)46(91-58)30-89-95(85,97)93-45-25-39(90-47-21-22-63-31-64-47)24-38(45)29-88-96(86,98)94-53/h8-9,11-12,15-22,31-34,38-39,41-42,45-46,52-53,58,79H,10,13-14,23-30H2,1-7H3,(H,66,81)(H,67,83)(H,85,97)(H,86,98)(H2,68,69,70,80,82)/t34-,38+,39+,41-,42-,45-,46+,52+,53+,58+,95?,96?/m0/s1. The second-order valence-electron chi connectivity index (χ2n) is 25.1. The van der Waals surface area contributed by atoms with Crippen molar-refractivity contribution < 1.29 is 94.8 Å². The zero-order valence-electron chi connectivity index (χ0n) is 54.2. The SMILES string of the molecule is CC(C)[C@H](CC(=O)[C@H](CCCC(=O)N1C(=O)C=CC1=O)NC(=O)OC(C)(C)C)C(=O)N[C@@H](C)C(=O)Cc1ccc(COC(=O)N(C)Cc2ccccc2C(=O)Nc2nc3c(ncn3[C@@H]3O[C@@H]4COP(O)(=S)O[C@H]5C[C@H](Oc6ccncn6)C[C@@H]5COP(=O)(S)O[C@@H]3[C@@H]4O)c(=O)[nH]2)cc1. The second kappa shape index (κ2) is 31.9. The first-order valence-corrected chi connectivity index (χ1v) is 36.4. The lowest BCUT2D eigenvalue weighted by Gasteiger charge is -2.27. The smallest absolute Gasteiger partial charge is 0.410 e. The van der Waals surface area contributed by atoms with Crippen LogP contribution in [0.4, 0.5) is 15.5 Å². The number of hydrogen-bond donors (Lipinski definition) is 7. The summed E-state index contributed by atoms with van der Waals surface area (Å²) in [6, 6.07) is 12.3. The number of hydrogen-bond acceptors (Lipinski definition) is 25. The van der Waals surface area contributed by atoms with Crippen LogP contribution in [0.1, 0.15) is 113 Å². The molecule has 5 aromatic rings. The number of thiol groups is 1. The molecular weight excluding hydrogens is 1360 g/mol. The van der Waals surface area contributed by atoms with Crippen LogP contribution in [-0.4, -0.2) is 171 Å². The van der Waals surface area contributed by atoms with Gasteiger partial charge in [-0.15, -0.1) is 0 Å². The van der Waals surface area contributed by atoms with Crippen molar-refractivity contribution in [2.45, 2.75) is 154 Å². The lowest BCUT2D eigenvalue weighted by Crippen LogP contribution is -2.47. The summed E-state index contributed by atoms with van der Waals surface area (Å²) in [6.07, 6.45) is -3.37. The highest BCUT2D eigenvalue weighted by Crippen LogP contribution is 2.59. The summed E-state index contributed by atoms with van der Waals surface area (Å²) >= 11 is 9.61. The molecule has 2 bridgehead atoms. The second-order valence-corrected chi connectivity index (χ2v) is 30.8. The third-order valence-electron chi connectivity index (χ3n) is 16.2. The number of H-pyrrole nitrogens is 1. The van der Waals surface area contributed by atoms with E-state index in [2.05, 4.69) is 53.1 Å². The fourth-order valence-electron chi connectivity index (χ4n) is 11.2. The molecule has 0 spiro atoms. The lowest BCUT2D eigenvalue weighted by atomic mass is 9.87. The number of Topliss-reactive ketones (excluding diaryl/α,β-unsaturated/α-hetero) is 2. The van der Waals surface area contributed by atoms with Crippen LogP contribution < -0.4 is 26.2 Å². The molecule has 98 heavy (non-hydrogen) atoms. The zero-order chi connectivity index (χ0) is 71.0. The van der Waals surface area contributed by atoms with Crippen LogP contribution in [0, 0.1) is 17.8 Å². The number of aromatic amines is 1.